The van der Waals surface area contributed by atoms with Crippen LogP contribution in [-0.4, -0.2) is 37.7 Å². The molecule has 0 spiro atoms. The Kier molecular flexibility index (Phi) is 7.35. The number of hydrogen-bond donors (Lipinski definition) is 1. The van der Waals surface area contributed by atoms with Crippen LogP contribution >= 0.6 is 12.4 Å². The molecule has 4 heteroatoms. The lowest BCUT2D eigenvalue weighted by molar-refractivity contribution is 0.242. The molecule has 3 nitrogen and oxygen atoms in total. The molecular formula is C16H27ClN2O. The van der Waals surface area contributed by atoms with Gasteiger partial charge in [-0.25, -0.2) is 0 Å². The average Bonchev–Trinajstić information content (AvgIpc) is 2.79. The molecule has 2 rings (SSSR count). The van der Waals surface area contributed by atoms with Crippen molar-refractivity contribution in [1.82, 2.24) is 10.2 Å². The molecular weight excluding hydrogens is 272 g/mol. The molecule has 1 aromatic carbocycles. The van der Waals surface area contributed by atoms with Gasteiger partial charge in [0.1, 0.15) is 5.75 Å². The first-order chi connectivity index (χ1) is 9.17. The summed E-state index contributed by atoms with van der Waals surface area (Å²) in [6, 6.07) is 8.53. The number of nitrogens with zero attached hydrogens (tertiary/aromatic N) is 1. The lowest BCUT2D eigenvalue weighted by Gasteiger charge is -2.16. The minimum absolute atomic E-state index is 0. The van der Waals surface area contributed by atoms with Crippen LogP contribution < -0.4 is 10.1 Å². The van der Waals surface area contributed by atoms with E-state index in [0.29, 0.717) is 0 Å². The molecule has 1 aliphatic heterocycles. The molecule has 0 radical (unpaired) electrons. The first-order valence-electron chi connectivity index (χ1n) is 7.30. The molecule has 20 heavy (non-hydrogen) atoms. The normalized spacial score (nSPS) is 19.1. The molecule has 0 amide bonds. The van der Waals surface area contributed by atoms with Gasteiger partial charge in [0.2, 0.25) is 0 Å². The molecule has 0 aliphatic carbocycles. The molecule has 0 aromatic heterocycles. The minimum Gasteiger partial charge on any atom is -0.491 e. The molecule has 1 aliphatic rings. The van der Waals surface area contributed by atoms with Crippen molar-refractivity contribution in [3.8, 4) is 5.75 Å². The maximum atomic E-state index is 5.67. The van der Waals surface area contributed by atoms with Crippen LogP contribution in [0.1, 0.15) is 25.8 Å². The Morgan fingerprint density at radius 1 is 1.30 bits per heavy atom. The Balaban J connectivity index is 0.00000200. The van der Waals surface area contributed by atoms with Crippen LogP contribution in [-0.2, 0) is 6.54 Å². The third-order valence-corrected chi connectivity index (χ3v) is 3.56. The van der Waals surface area contributed by atoms with Crippen molar-refractivity contribution in [3.63, 3.8) is 0 Å². The second-order valence-electron chi connectivity index (χ2n) is 5.76. The highest BCUT2D eigenvalue weighted by atomic mass is 35.5. The van der Waals surface area contributed by atoms with E-state index < -0.39 is 0 Å². The van der Waals surface area contributed by atoms with E-state index >= 15 is 0 Å². The molecule has 1 N–H and O–H groups in total. The van der Waals surface area contributed by atoms with E-state index in [-0.39, 0.29) is 18.5 Å². The van der Waals surface area contributed by atoms with Crippen molar-refractivity contribution in [2.75, 3.05) is 26.7 Å². The maximum absolute atomic E-state index is 5.67. The molecule has 114 valence electrons. The zero-order chi connectivity index (χ0) is 13.7. The third kappa shape index (κ3) is 5.31. The molecule has 0 saturated carbocycles. The zero-order valence-corrected chi connectivity index (χ0v) is 13.6. The summed E-state index contributed by atoms with van der Waals surface area (Å²) in [4.78, 5) is 2.54. The summed E-state index contributed by atoms with van der Waals surface area (Å²) >= 11 is 0. The van der Waals surface area contributed by atoms with Gasteiger partial charge in [0, 0.05) is 13.1 Å². The van der Waals surface area contributed by atoms with E-state index in [1.807, 2.05) is 7.05 Å². The van der Waals surface area contributed by atoms with Crippen LogP contribution in [0.5, 0.6) is 5.75 Å². The number of benzene rings is 1. The summed E-state index contributed by atoms with van der Waals surface area (Å²) in [6.45, 7) is 8.74. The van der Waals surface area contributed by atoms with E-state index in [9.17, 15) is 0 Å². The molecule has 1 heterocycles. The van der Waals surface area contributed by atoms with E-state index in [0.717, 1.165) is 24.8 Å². The van der Waals surface area contributed by atoms with E-state index in [2.05, 4.69) is 48.3 Å². The van der Waals surface area contributed by atoms with Gasteiger partial charge in [0.15, 0.2) is 0 Å². The van der Waals surface area contributed by atoms with Crippen molar-refractivity contribution in [1.29, 1.82) is 0 Å². The van der Waals surface area contributed by atoms with Gasteiger partial charge in [-0.05, 0) is 64.0 Å². The Morgan fingerprint density at radius 2 is 2.00 bits per heavy atom. The summed E-state index contributed by atoms with van der Waals surface area (Å²) in [6.07, 6.45) is 1.56. The minimum atomic E-state index is 0. The topological polar surface area (TPSA) is 24.5 Å². The maximum Gasteiger partial charge on any atom is 0.119 e. The highest BCUT2D eigenvalue weighted by Gasteiger charge is 2.21. The highest BCUT2D eigenvalue weighted by molar-refractivity contribution is 5.85. The number of rotatable bonds is 6. The molecule has 1 fully saturated rings. The van der Waals surface area contributed by atoms with Crippen molar-refractivity contribution >= 4 is 12.4 Å². The lowest BCUT2D eigenvalue weighted by atomic mass is 10.1. The fraction of sp³-hybridized carbons (Fsp3) is 0.625. The fourth-order valence-electron chi connectivity index (χ4n) is 2.72. The predicted molar refractivity (Wildman–Crippen MR) is 86.8 cm³/mol. The van der Waals surface area contributed by atoms with E-state index in [4.69, 9.17) is 4.74 Å². The van der Waals surface area contributed by atoms with Crippen molar-refractivity contribution in [3.05, 3.63) is 29.8 Å². The summed E-state index contributed by atoms with van der Waals surface area (Å²) in [5.74, 6) is 1.78. The second kappa shape index (κ2) is 8.50. The van der Waals surface area contributed by atoms with Crippen molar-refractivity contribution in [2.24, 2.45) is 5.92 Å². The van der Waals surface area contributed by atoms with Crippen LogP contribution in [0.3, 0.4) is 0 Å². The van der Waals surface area contributed by atoms with Crippen LogP contribution in [0, 0.1) is 5.92 Å². The van der Waals surface area contributed by atoms with Crippen molar-refractivity contribution < 1.29 is 4.74 Å². The fourth-order valence-corrected chi connectivity index (χ4v) is 2.72. The average molecular weight is 299 g/mol. The number of nitrogens with one attached hydrogen (secondary N) is 1. The van der Waals surface area contributed by atoms with Gasteiger partial charge >= 0.3 is 0 Å². The van der Waals surface area contributed by atoms with Gasteiger partial charge in [-0.1, -0.05) is 12.1 Å². The Morgan fingerprint density at radius 3 is 2.60 bits per heavy atom. The van der Waals surface area contributed by atoms with Crippen LogP contribution in [0.2, 0.25) is 0 Å². The summed E-state index contributed by atoms with van der Waals surface area (Å²) < 4.78 is 5.67. The Labute approximate surface area is 129 Å². The van der Waals surface area contributed by atoms with Crippen molar-refractivity contribution in [2.45, 2.75) is 32.9 Å². The summed E-state index contributed by atoms with van der Waals surface area (Å²) in [5.41, 5.74) is 1.38. The summed E-state index contributed by atoms with van der Waals surface area (Å²) in [7, 11) is 2.04. The summed E-state index contributed by atoms with van der Waals surface area (Å²) in [5, 5.41) is 3.28. The number of hydrogen-bond acceptors (Lipinski definition) is 3. The standard InChI is InChI=1S/C16H26N2O.ClH/c1-13(2)19-16-6-4-14(5-7-16)11-18-9-8-15(12-18)10-17-3;/h4-7,13,15,17H,8-12H2,1-3H3;1H. The molecule has 1 aromatic rings. The highest BCUT2D eigenvalue weighted by Crippen LogP contribution is 2.20. The zero-order valence-electron chi connectivity index (χ0n) is 12.8. The van der Waals surface area contributed by atoms with Gasteiger partial charge in [-0.15, -0.1) is 12.4 Å². The monoisotopic (exact) mass is 298 g/mol. The number of halogens is 1. The van der Waals surface area contributed by atoms with E-state index in [1.54, 1.807) is 0 Å². The predicted octanol–water partition coefficient (Wildman–Crippen LogP) is 2.94. The molecule has 1 saturated heterocycles. The Bertz CT molecular complexity index is 381. The smallest absolute Gasteiger partial charge is 0.119 e. The van der Waals surface area contributed by atoms with Gasteiger partial charge in [0.05, 0.1) is 6.10 Å². The van der Waals surface area contributed by atoms with Crippen LogP contribution in [0.25, 0.3) is 0 Å². The number of ether oxygens (including phenoxy) is 1. The van der Waals surface area contributed by atoms with Gasteiger partial charge < -0.3 is 10.1 Å². The van der Waals surface area contributed by atoms with Gasteiger partial charge in [-0.3, -0.25) is 4.90 Å². The van der Waals surface area contributed by atoms with Gasteiger partial charge in [-0.2, -0.15) is 0 Å². The van der Waals surface area contributed by atoms with Crippen LogP contribution in [0.4, 0.5) is 0 Å². The Hall–Kier alpha value is -0.770. The molecule has 1 atom stereocenters. The number of likely N-dealkylation sites (tertiary alicyclic amines) is 1. The molecule has 1 unspecified atom stereocenters. The largest absolute Gasteiger partial charge is 0.491 e. The molecule has 0 bridgehead atoms. The lowest BCUT2D eigenvalue weighted by Crippen LogP contribution is -2.24. The first kappa shape index (κ1) is 17.3. The SMILES string of the molecule is CNCC1CCN(Cc2ccc(OC(C)C)cc2)C1.Cl. The quantitative estimate of drug-likeness (QED) is 0.874. The van der Waals surface area contributed by atoms with Crippen LogP contribution in [0.15, 0.2) is 24.3 Å². The second-order valence-corrected chi connectivity index (χ2v) is 5.76. The first-order valence-corrected chi connectivity index (χ1v) is 7.30. The van der Waals surface area contributed by atoms with Gasteiger partial charge in [0.25, 0.3) is 0 Å². The third-order valence-electron chi connectivity index (χ3n) is 3.56. The van der Waals surface area contributed by atoms with E-state index in [1.165, 1.54) is 25.1 Å².